The summed E-state index contributed by atoms with van der Waals surface area (Å²) in [6.07, 6.45) is 2.87. The molecule has 0 spiro atoms. The van der Waals surface area contributed by atoms with E-state index in [0.717, 1.165) is 0 Å². The fourth-order valence-corrected chi connectivity index (χ4v) is 2.99. The molecule has 0 saturated heterocycles. The van der Waals surface area contributed by atoms with E-state index < -0.39 is 10.0 Å². The fourth-order valence-electron chi connectivity index (χ4n) is 1.40. The highest BCUT2D eigenvalue weighted by molar-refractivity contribution is 7.89. The predicted octanol–water partition coefficient (Wildman–Crippen LogP) is 1.15. The standard InChI is InChI=1S/C9H16ClN3O2S/c1-3-13(4-2)16(14,15)9-7-11-12(8-9)6-5-10/h7-8H,3-6H2,1-2H3. The Labute approximate surface area is 101 Å². The van der Waals surface area contributed by atoms with E-state index in [2.05, 4.69) is 5.10 Å². The molecule has 0 bridgehead atoms. The summed E-state index contributed by atoms with van der Waals surface area (Å²) in [6.45, 7) is 5.04. The lowest BCUT2D eigenvalue weighted by Crippen LogP contribution is -2.30. The molecule has 1 heterocycles. The van der Waals surface area contributed by atoms with Gasteiger partial charge in [0.15, 0.2) is 0 Å². The van der Waals surface area contributed by atoms with Crippen molar-refractivity contribution < 1.29 is 8.42 Å². The third-order valence-corrected chi connectivity index (χ3v) is 4.44. The summed E-state index contributed by atoms with van der Waals surface area (Å²) in [5.74, 6) is 0.409. The maximum Gasteiger partial charge on any atom is 0.246 e. The van der Waals surface area contributed by atoms with Crippen molar-refractivity contribution in [2.45, 2.75) is 25.3 Å². The Bertz CT molecular complexity index is 426. The summed E-state index contributed by atoms with van der Waals surface area (Å²) < 4.78 is 27.0. The van der Waals surface area contributed by atoms with Gasteiger partial charge < -0.3 is 0 Å². The van der Waals surface area contributed by atoms with Gasteiger partial charge in [-0.15, -0.1) is 11.6 Å². The van der Waals surface area contributed by atoms with Crippen molar-refractivity contribution in [3.63, 3.8) is 0 Å². The van der Waals surface area contributed by atoms with E-state index >= 15 is 0 Å². The third kappa shape index (κ3) is 2.75. The summed E-state index contributed by atoms with van der Waals surface area (Å²) in [7, 11) is -3.39. The SMILES string of the molecule is CCN(CC)S(=O)(=O)c1cnn(CCCl)c1. The Kier molecular flexibility index (Phi) is 4.76. The van der Waals surface area contributed by atoms with Gasteiger partial charge in [0.2, 0.25) is 10.0 Å². The van der Waals surface area contributed by atoms with Crippen molar-refractivity contribution in [3.8, 4) is 0 Å². The first kappa shape index (κ1) is 13.5. The van der Waals surface area contributed by atoms with Crippen LogP contribution in [0, 0.1) is 0 Å². The van der Waals surface area contributed by atoms with Crippen LogP contribution in [0.1, 0.15) is 13.8 Å². The van der Waals surface area contributed by atoms with Crippen LogP contribution in [0.25, 0.3) is 0 Å². The van der Waals surface area contributed by atoms with Crippen LogP contribution in [-0.4, -0.2) is 41.5 Å². The fraction of sp³-hybridized carbons (Fsp3) is 0.667. The molecule has 0 unspecified atom stereocenters. The van der Waals surface area contributed by atoms with Crippen LogP contribution in [0.3, 0.4) is 0 Å². The third-order valence-electron chi connectivity index (χ3n) is 2.27. The lowest BCUT2D eigenvalue weighted by Gasteiger charge is -2.16. The van der Waals surface area contributed by atoms with Gasteiger partial charge in [0.1, 0.15) is 4.90 Å². The van der Waals surface area contributed by atoms with E-state index in [1.165, 1.54) is 21.4 Å². The van der Waals surface area contributed by atoms with Crippen molar-refractivity contribution >= 4 is 21.6 Å². The molecule has 0 aliphatic rings. The molecule has 0 atom stereocenters. The molecule has 1 rings (SSSR count). The lowest BCUT2D eigenvalue weighted by atomic mass is 10.7. The quantitative estimate of drug-likeness (QED) is 0.725. The Morgan fingerprint density at radius 1 is 1.44 bits per heavy atom. The minimum Gasteiger partial charge on any atom is -0.270 e. The molecule has 0 radical (unpaired) electrons. The Morgan fingerprint density at radius 2 is 2.06 bits per heavy atom. The summed E-state index contributed by atoms with van der Waals surface area (Å²) in [4.78, 5) is 0.223. The minimum absolute atomic E-state index is 0.223. The van der Waals surface area contributed by atoms with Crippen LogP contribution in [0.2, 0.25) is 0 Å². The van der Waals surface area contributed by atoms with Crippen molar-refractivity contribution in [3.05, 3.63) is 12.4 Å². The topological polar surface area (TPSA) is 55.2 Å². The number of nitrogens with zero attached hydrogens (tertiary/aromatic N) is 3. The summed E-state index contributed by atoms with van der Waals surface area (Å²) in [5.41, 5.74) is 0. The predicted molar refractivity (Wildman–Crippen MR) is 63.1 cm³/mol. The van der Waals surface area contributed by atoms with Gasteiger partial charge >= 0.3 is 0 Å². The molecule has 5 nitrogen and oxygen atoms in total. The second-order valence-electron chi connectivity index (χ2n) is 3.22. The van der Waals surface area contributed by atoms with Gasteiger partial charge in [-0.05, 0) is 0 Å². The number of aryl methyl sites for hydroxylation is 1. The van der Waals surface area contributed by atoms with Gasteiger partial charge in [0.25, 0.3) is 0 Å². The average Bonchev–Trinajstić information content (AvgIpc) is 2.69. The molecule has 1 aromatic rings. The van der Waals surface area contributed by atoms with Gasteiger partial charge in [-0.25, -0.2) is 8.42 Å². The number of halogens is 1. The number of sulfonamides is 1. The molecular formula is C9H16ClN3O2S. The molecule has 1 aromatic heterocycles. The van der Waals surface area contributed by atoms with Crippen molar-refractivity contribution in [1.82, 2.24) is 14.1 Å². The molecule has 0 aliphatic carbocycles. The lowest BCUT2D eigenvalue weighted by molar-refractivity contribution is 0.445. The first-order valence-corrected chi connectivity index (χ1v) is 7.12. The van der Waals surface area contributed by atoms with Gasteiger partial charge in [-0.1, -0.05) is 13.8 Å². The van der Waals surface area contributed by atoms with Gasteiger partial charge in [0.05, 0.1) is 12.7 Å². The molecule has 0 N–H and O–H groups in total. The molecule has 0 saturated carbocycles. The molecule has 0 fully saturated rings. The normalized spacial score (nSPS) is 12.2. The Morgan fingerprint density at radius 3 is 2.56 bits per heavy atom. The number of rotatable bonds is 6. The van der Waals surface area contributed by atoms with E-state index in [-0.39, 0.29) is 4.90 Å². The Balaban J connectivity index is 2.97. The highest BCUT2D eigenvalue weighted by atomic mass is 35.5. The van der Waals surface area contributed by atoms with Crippen LogP contribution in [0.4, 0.5) is 0 Å². The van der Waals surface area contributed by atoms with Crippen LogP contribution in [-0.2, 0) is 16.6 Å². The minimum atomic E-state index is -3.39. The second kappa shape index (κ2) is 5.65. The summed E-state index contributed by atoms with van der Waals surface area (Å²) >= 11 is 5.56. The van der Waals surface area contributed by atoms with Crippen LogP contribution < -0.4 is 0 Å². The summed E-state index contributed by atoms with van der Waals surface area (Å²) in [6, 6.07) is 0. The van der Waals surface area contributed by atoms with Gasteiger partial charge in [0, 0.05) is 25.2 Å². The van der Waals surface area contributed by atoms with Crippen molar-refractivity contribution in [2.24, 2.45) is 0 Å². The maximum atomic E-state index is 12.1. The molecule has 0 aliphatic heterocycles. The van der Waals surface area contributed by atoms with E-state index in [4.69, 9.17) is 11.6 Å². The monoisotopic (exact) mass is 265 g/mol. The zero-order valence-corrected chi connectivity index (χ0v) is 11.0. The van der Waals surface area contributed by atoms with Gasteiger partial charge in [-0.2, -0.15) is 9.40 Å². The number of aromatic nitrogens is 2. The largest absolute Gasteiger partial charge is 0.270 e. The molecule has 92 valence electrons. The highest BCUT2D eigenvalue weighted by Gasteiger charge is 2.22. The van der Waals surface area contributed by atoms with Crippen LogP contribution in [0.15, 0.2) is 17.3 Å². The zero-order valence-electron chi connectivity index (χ0n) is 9.43. The van der Waals surface area contributed by atoms with Crippen molar-refractivity contribution in [2.75, 3.05) is 19.0 Å². The van der Waals surface area contributed by atoms with E-state index in [1.807, 2.05) is 13.8 Å². The van der Waals surface area contributed by atoms with E-state index in [9.17, 15) is 8.42 Å². The maximum absolute atomic E-state index is 12.1. The number of hydrogen-bond donors (Lipinski definition) is 0. The smallest absolute Gasteiger partial charge is 0.246 e. The number of hydrogen-bond acceptors (Lipinski definition) is 3. The molecule has 16 heavy (non-hydrogen) atoms. The summed E-state index contributed by atoms with van der Waals surface area (Å²) in [5, 5.41) is 3.95. The molecule has 7 heteroatoms. The van der Waals surface area contributed by atoms with E-state index in [1.54, 1.807) is 0 Å². The van der Waals surface area contributed by atoms with Gasteiger partial charge in [-0.3, -0.25) is 4.68 Å². The molecule has 0 aromatic carbocycles. The Hall–Kier alpha value is -0.590. The second-order valence-corrected chi connectivity index (χ2v) is 5.53. The van der Waals surface area contributed by atoms with Crippen molar-refractivity contribution in [1.29, 1.82) is 0 Å². The van der Waals surface area contributed by atoms with E-state index in [0.29, 0.717) is 25.5 Å². The molecule has 0 amide bonds. The van der Waals surface area contributed by atoms with Crippen LogP contribution >= 0.6 is 11.6 Å². The average molecular weight is 266 g/mol. The molecular weight excluding hydrogens is 250 g/mol. The first-order valence-electron chi connectivity index (χ1n) is 5.14. The number of alkyl halides is 1. The van der Waals surface area contributed by atoms with Crippen LogP contribution in [0.5, 0.6) is 0 Å². The zero-order chi connectivity index (χ0) is 12.2. The first-order chi connectivity index (χ1) is 7.56. The highest BCUT2D eigenvalue weighted by Crippen LogP contribution is 2.14.